The van der Waals surface area contributed by atoms with Gasteiger partial charge in [0, 0.05) is 30.6 Å². The highest BCUT2D eigenvalue weighted by Crippen LogP contribution is 2.24. The zero-order valence-electron chi connectivity index (χ0n) is 12.5. The number of hydrogen-bond acceptors (Lipinski definition) is 4. The van der Waals surface area contributed by atoms with Crippen molar-refractivity contribution in [3.63, 3.8) is 0 Å². The van der Waals surface area contributed by atoms with Gasteiger partial charge in [-0.05, 0) is 32.0 Å². The Morgan fingerprint density at radius 3 is 2.95 bits per heavy atom. The van der Waals surface area contributed by atoms with Crippen molar-refractivity contribution < 1.29 is 4.39 Å². The molecule has 0 saturated carbocycles. The lowest BCUT2D eigenvalue weighted by Crippen LogP contribution is -2.44. The van der Waals surface area contributed by atoms with E-state index in [-0.39, 0.29) is 11.9 Å². The average Bonchev–Trinajstić information content (AvgIpc) is 2.44. The molecular weight excluding hydrogens is 273 g/mol. The van der Waals surface area contributed by atoms with Crippen LogP contribution in [0.3, 0.4) is 0 Å². The molecule has 1 saturated heterocycles. The van der Waals surface area contributed by atoms with Crippen molar-refractivity contribution in [2.45, 2.75) is 25.9 Å². The van der Waals surface area contributed by atoms with Gasteiger partial charge >= 0.3 is 0 Å². The maximum Gasteiger partial charge on any atom is 0.141 e. The van der Waals surface area contributed by atoms with E-state index in [4.69, 9.17) is 0 Å². The molecule has 1 aliphatic rings. The lowest BCUT2D eigenvalue weighted by atomic mass is 9.97. The fourth-order valence-corrected chi connectivity index (χ4v) is 3.89. The summed E-state index contributed by atoms with van der Waals surface area (Å²) in [4.78, 5) is 6.77. The normalized spacial score (nSPS) is 23.5. The highest BCUT2D eigenvalue weighted by Gasteiger charge is 2.25. The van der Waals surface area contributed by atoms with Gasteiger partial charge in [0.15, 0.2) is 0 Å². The highest BCUT2D eigenvalue weighted by molar-refractivity contribution is 7.99. The van der Waals surface area contributed by atoms with E-state index in [0.717, 1.165) is 18.8 Å². The molecule has 0 bridgehead atoms. The van der Waals surface area contributed by atoms with E-state index in [2.05, 4.69) is 29.0 Å². The van der Waals surface area contributed by atoms with Gasteiger partial charge < -0.3 is 5.32 Å². The van der Waals surface area contributed by atoms with Crippen LogP contribution in [0, 0.1) is 11.7 Å². The topological polar surface area (TPSA) is 28.2 Å². The van der Waals surface area contributed by atoms with Crippen molar-refractivity contribution >= 4 is 11.8 Å². The minimum Gasteiger partial charge on any atom is -0.311 e. The van der Waals surface area contributed by atoms with E-state index in [1.807, 2.05) is 18.8 Å². The first kappa shape index (κ1) is 15.7. The Kier molecular flexibility index (Phi) is 5.81. The molecule has 5 heteroatoms. The Bertz CT molecular complexity index is 412. The van der Waals surface area contributed by atoms with Gasteiger partial charge in [0.2, 0.25) is 0 Å². The summed E-state index contributed by atoms with van der Waals surface area (Å²) in [5.41, 5.74) is 0.917. The Morgan fingerprint density at radius 2 is 2.35 bits per heavy atom. The summed E-state index contributed by atoms with van der Waals surface area (Å²) < 4.78 is 13.0. The first-order valence-corrected chi connectivity index (χ1v) is 8.37. The van der Waals surface area contributed by atoms with Gasteiger partial charge in [-0.25, -0.2) is 4.39 Å². The third kappa shape index (κ3) is 3.93. The van der Waals surface area contributed by atoms with Crippen LogP contribution in [0.1, 0.15) is 25.6 Å². The van der Waals surface area contributed by atoms with Crippen LogP contribution in [0.15, 0.2) is 18.3 Å². The van der Waals surface area contributed by atoms with Gasteiger partial charge in [0.05, 0.1) is 17.9 Å². The standard InChI is InChI=1S/C15H24FN3S/c1-11(9-19-6-7-20-10-12(19)2)15(17-3)14-5-4-13(16)8-18-14/h4-5,8,11-12,15,17H,6-7,9-10H2,1-3H3. The van der Waals surface area contributed by atoms with Crippen molar-refractivity contribution in [2.75, 3.05) is 31.6 Å². The number of nitrogens with zero attached hydrogens (tertiary/aromatic N) is 2. The number of halogens is 1. The molecule has 3 nitrogen and oxygen atoms in total. The van der Waals surface area contributed by atoms with E-state index in [9.17, 15) is 4.39 Å². The van der Waals surface area contributed by atoms with Gasteiger partial charge in [-0.2, -0.15) is 11.8 Å². The highest BCUT2D eigenvalue weighted by atomic mass is 32.2. The van der Waals surface area contributed by atoms with Crippen LogP contribution in [0.4, 0.5) is 4.39 Å². The van der Waals surface area contributed by atoms with Crippen LogP contribution in [0.2, 0.25) is 0 Å². The summed E-state index contributed by atoms with van der Waals surface area (Å²) in [6, 6.07) is 4.06. The van der Waals surface area contributed by atoms with Gasteiger partial charge in [-0.3, -0.25) is 9.88 Å². The van der Waals surface area contributed by atoms with Gasteiger partial charge in [0.1, 0.15) is 5.82 Å². The number of hydrogen-bond donors (Lipinski definition) is 1. The first-order chi connectivity index (χ1) is 9.61. The predicted octanol–water partition coefficient (Wildman–Crippen LogP) is 2.55. The van der Waals surface area contributed by atoms with E-state index in [1.165, 1.54) is 23.8 Å². The second-order valence-electron chi connectivity index (χ2n) is 5.56. The predicted molar refractivity (Wildman–Crippen MR) is 83.5 cm³/mol. The van der Waals surface area contributed by atoms with Crippen LogP contribution in [-0.2, 0) is 0 Å². The molecule has 1 aliphatic heterocycles. The van der Waals surface area contributed by atoms with Crippen molar-refractivity contribution in [3.8, 4) is 0 Å². The summed E-state index contributed by atoms with van der Waals surface area (Å²) in [5, 5.41) is 3.33. The third-order valence-electron chi connectivity index (χ3n) is 3.98. The number of pyridine rings is 1. The van der Waals surface area contributed by atoms with Crippen molar-refractivity contribution in [3.05, 3.63) is 29.8 Å². The monoisotopic (exact) mass is 297 g/mol. The molecule has 0 radical (unpaired) electrons. The maximum atomic E-state index is 13.0. The average molecular weight is 297 g/mol. The Balaban J connectivity index is 2.01. The molecule has 3 atom stereocenters. The summed E-state index contributed by atoms with van der Waals surface area (Å²) in [5.74, 6) is 2.59. The molecule has 2 rings (SSSR count). The molecule has 112 valence electrons. The van der Waals surface area contributed by atoms with Crippen LogP contribution >= 0.6 is 11.8 Å². The number of nitrogens with one attached hydrogen (secondary N) is 1. The summed E-state index contributed by atoms with van der Waals surface area (Å²) in [6.45, 7) is 6.74. The smallest absolute Gasteiger partial charge is 0.141 e. The quantitative estimate of drug-likeness (QED) is 0.904. The maximum absolute atomic E-state index is 13.0. The van der Waals surface area contributed by atoms with Crippen molar-refractivity contribution in [1.29, 1.82) is 0 Å². The van der Waals surface area contributed by atoms with E-state index in [1.54, 1.807) is 6.07 Å². The van der Waals surface area contributed by atoms with E-state index >= 15 is 0 Å². The fourth-order valence-electron chi connectivity index (χ4n) is 2.80. The van der Waals surface area contributed by atoms with Crippen LogP contribution < -0.4 is 5.32 Å². The van der Waals surface area contributed by atoms with Crippen LogP contribution in [-0.4, -0.2) is 47.6 Å². The number of rotatable bonds is 5. The molecule has 1 fully saturated rings. The lowest BCUT2D eigenvalue weighted by Gasteiger charge is -2.36. The zero-order valence-corrected chi connectivity index (χ0v) is 13.3. The second kappa shape index (κ2) is 7.38. The molecule has 0 aliphatic carbocycles. The van der Waals surface area contributed by atoms with Crippen LogP contribution in [0.25, 0.3) is 0 Å². The first-order valence-electron chi connectivity index (χ1n) is 7.22. The molecule has 0 amide bonds. The Hall–Kier alpha value is -0.650. The third-order valence-corrected chi connectivity index (χ3v) is 5.17. The SMILES string of the molecule is CNC(c1ccc(F)cn1)C(C)CN1CCSCC1C. The fraction of sp³-hybridized carbons (Fsp3) is 0.667. The molecule has 0 aromatic carbocycles. The molecule has 3 unspecified atom stereocenters. The molecule has 20 heavy (non-hydrogen) atoms. The van der Waals surface area contributed by atoms with Gasteiger partial charge in [-0.15, -0.1) is 0 Å². The van der Waals surface area contributed by atoms with Crippen molar-refractivity contribution in [1.82, 2.24) is 15.2 Å². The summed E-state index contributed by atoms with van der Waals surface area (Å²) in [7, 11) is 1.95. The molecule has 1 aromatic heterocycles. The molecule has 1 N–H and O–H groups in total. The lowest BCUT2D eigenvalue weighted by molar-refractivity contribution is 0.182. The second-order valence-corrected chi connectivity index (χ2v) is 6.71. The van der Waals surface area contributed by atoms with Gasteiger partial charge in [0.25, 0.3) is 0 Å². The summed E-state index contributed by atoms with van der Waals surface area (Å²) in [6.07, 6.45) is 1.30. The molecule has 0 spiro atoms. The largest absolute Gasteiger partial charge is 0.311 e. The minimum atomic E-state index is -0.280. The molecule has 1 aromatic rings. The number of aromatic nitrogens is 1. The molecule has 2 heterocycles. The van der Waals surface area contributed by atoms with Crippen molar-refractivity contribution in [2.24, 2.45) is 5.92 Å². The van der Waals surface area contributed by atoms with E-state index < -0.39 is 0 Å². The Morgan fingerprint density at radius 1 is 1.55 bits per heavy atom. The van der Waals surface area contributed by atoms with E-state index in [0.29, 0.717) is 12.0 Å². The zero-order chi connectivity index (χ0) is 14.5. The minimum absolute atomic E-state index is 0.164. The molecular formula is C15H24FN3S. The van der Waals surface area contributed by atoms with Gasteiger partial charge in [-0.1, -0.05) is 6.92 Å². The Labute approximate surface area is 125 Å². The number of thioether (sulfide) groups is 1. The van der Waals surface area contributed by atoms with Crippen LogP contribution in [0.5, 0.6) is 0 Å². The summed E-state index contributed by atoms with van der Waals surface area (Å²) >= 11 is 2.03.